The maximum atomic E-state index is 3.44. The number of thiophene rings is 1. The average Bonchev–Trinajstić information content (AvgIpc) is 2.60. The van der Waals surface area contributed by atoms with E-state index in [-0.39, 0.29) is 0 Å². The van der Waals surface area contributed by atoms with E-state index in [1.807, 2.05) is 11.3 Å². The summed E-state index contributed by atoms with van der Waals surface area (Å²) in [4.78, 5) is 6.31. The van der Waals surface area contributed by atoms with Gasteiger partial charge in [0.05, 0.1) is 10.6 Å². The molecule has 66 valence electrons. The Bertz CT molecular complexity index is 432. The van der Waals surface area contributed by atoms with Gasteiger partial charge in [-0.1, -0.05) is 0 Å². The zero-order valence-corrected chi connectivity index (χ0v) is 8.59. The largest absolute Gasteiger partial charge is 0.358 e. The van der Waals surface area contributed by atoms with Crippen LogP contribution in [0.15, 0.2) is 12.1 Å². The number of H-pyrrole nitrogens is 1. The van der Waals surface area contributed by atoms with Crippen molar-refractivity contribution in [3.63, 3.8) is 0 Å². The van der Waals surface area contributed by atoms with Gasteiger partial charge in [-0.05, 0) is 37.1 Å². The first-order chi connectivity index (χ1) is 6.24. The topological polar surface area (TPSA) is 15.8 Å². The smallest absolute Gasteiger partial charge is 0.0596 e. The molecule has 1 aliphatic carbocycles. The first-order valence-corrected chi connectivity index (χ1v) is 5.34. The molecule has 0 saturated heterocycles. The normalized spacial score (nSPS) is 13.1. The summed E-state index contributed by atoms with van der Waals surface area (Å²) >= 11 is 1.90. The van der Waals surface area contributed by atoms with Crippen molar-refractivity contribution in [1.29, 1.82) is 0 Å². The van der Waals surface area contributed by atoms with Crippen molar-refractivity contribution in [1.82, 2.24) is 4.98 Å². The molecule has 0 spiro atoms. The third kappa shape index (κ3) is 0.923. The number of aryl methyl sites for hydroxylation is 2. The standard InChI is InChI=1S/C11H11NS/c1-6-3-8-5-9-4-7(2)13-11(9)10(8)12-6/h3-4,12H,5H2,1-2H3. The van der Waals surface area contributed by atoms with Crippen LogP contribution < -0.4 is 0 Å². The molecule has 0 aliphatic heterocycles. The molecule has 1 aliphatic rings. The molecule has 0 saturated carbocycles. The molecule has 0 fully saturated rings. The monoisotopic (exact) mass is 189 g/mol. The first kappa shape index (κ1) is 7.39. The fourth-order valence-electron chi connectivity index (χ4n) is 2.10. The minimum atomic E-state index is 1.12. The van der Waals surface area contributed by atoms with Crippen LogP contribution in [0.1, 0.15) is 21.7 Å². The Morgan fingerprint density at radius 1 is 1.23 bits per heavy atom. The Balaban J connectivity index is 2.28. The highest BCUT2D eigenvalue weighted by atomic mass is 32.1. The van der Waals surface area contributed by atoms with Crippen molar-refractivity contribution in [2.45, 2.75) is 20.3 Å². The van der Waals surface area contributed by atoms with Crippen LogP contribution in [-0.4, -0.2) is 4.98 Å². The molecule has 0 aromatic carbocycles. The summed E-state index contributed by atoms with van der Waals surface area (Å²) in [5.41, 5.74) is 5.62. The van der Waals surface area contributed by atoms with Gasteiger partial charge in [0.15, 0.2) is 0 Å². The van der Waals surface area contributed by atoms with Gasteiger partial charge in [0, 0.05) is 17.0 Å². The third-order valence-electron chi connectivity index (χ3n) is 2.57. The van der Waals surface area contributed by atoms with Crippen LogP contribution in [0.5, 0.6) is 0 Å². The Morgan fingerprint density at radius 2 is 2.08 bits per heavy atom. The van der Waals surface area contributed by atoms with Crippen LogP contribution in [0.2, 0.25) is 0 Å². The van der Waals surface area contributed by atoms with E-state index in [0.29, 0.717) is 0 Å². The molecule has 0 radical (unpaired) electrons. The Labute approximate surface area is 81.4 Å². The third-order valence-corrected chi connectivity index (χ3v) is 3.68. The fraction of sp³-hybridized carbons (Fsp3) is 0.273. The van der Waals surface area contributed by atoms with Crippen molar-refractivity contribution < 1.29 is 0 Å². The van der Waals surface area contributed by atoms with Gasteiger partial charge in [-0.3, -0.25) is 0 Å². The van der Waals surface area contributed by atoms with Crippen LogP contribution in [0, 0.1) is 13.8 Å². The SMILES string of the molecule is Cc1cc2c([nH]1)-c1sc(C)cc1C2. The Morgan fingerprint density at radius 3 is 2.92 bits per heavy atom. The highest BCUT2D eigenvalue weighted by molar-refractivity contribution is 7.15. The number of nitrogens with one attached hydrogen (secondary N) is 1. The number of aromatic nitrogens is 1. The molecule has 0 bridgehead atoms. The van der Waals surface area contributed by atoms with Crippen molar-refractivity contribution in [2.24, 2.45) is 0 Å². The van der Waals surface area contributed by atoms with Crippen molar-refractivity contribution >= 4 is 11.3 Å². The number of hydrogen-bond donors (Lipinski definition) is 1. The van der Waals surface area contributed by atoms with E-state index in [2.05, 4.69) is 31.0 Å². The van der Waals surface area contributed by atoms with E-state index in [1.165, 1.54) is 32.3 Å². The van der Waals surface area contributed by atoms with E-state index >= 15 is 0 Å². The number of rotatable bonds is 0. The van der Waals surface area contributed by atoms with Gasteiger partial charge in [0.25, 0.3) is 0 Å². The maximum Gasteiger partial charge on any atom is 0.0596 e. The molecule has 0 atom stereocenters. The lowest BCUT2D eigenvalue weighted by atomic mass is 10.2. The van der Waals surface area contributed by atoms with Gasteiger partial charge in [0.2, 0.25) is 0 Å². The van der Waals surface area contributed by atoms with Gasteiger partial charge in [0.1, 0.15) is 0 Å². The van der Waals surface area contributed by atoms with Crippen LogP contribution in [0.25, 0.3) is 10.6 Å². The average molecular weight is 189 g/mol. The zero-order chi connectivity index (χ0) is 9.00. The summed E-state index contributed by atoms with van der Waals surface area (Å²) in [5, 5.41) is 0. The molecule has 0 unspecified atom stereocenters. The molecule has 1 nitrogen and oxygen atoms in total. The predicted molar refractivity (Wildman–Crippen MR) is 56.4 cm³/mol. The minimum absolute atomic E-state index is 1.12. The lowest BCUT2D eigenvalue weighted by Gasteiger charge is -1.89. The van der Waals surface area contributed by atoms with E-state index in [4.69, 9.17) is 0 Å². The second-order valence-corrected chi connectivity index (χ2v) is 5.00. The van der Waals surface area contributed by atoms with Crippen LogP contribution in [0.4, 0.5) is 0 Å². The van der Waals surface area contributed by atoms with Gasteiger partial charge in [-0.15, -0.1) is 11.3 Å². The van der Waals surface area contributed by atoms with Crippen molar-refractivity contribution in [2.75, 3.05) is 0 Å². The fourth-order valence-corrected chi connectivity index (χ4v) is 3.17. The van der Waals surface area contributed by atoms with Gasteiger partial charge in [-0.25, -0.2) is 0 Å². The Kier molecular flexibility index (Phi) is 1.29. The molecule has 1 N–H and O–H groups in total. The van der Waals surface area contributed by atoms with Crippen molar-refractivity contribution in [3.05, 3.63) is 33.8 Å². The second kappa shape index (κ2) is 2.26. The van der Waals surface area contributed by atoms with Gasteiger partial charge in [-0.2, -0.15) is 0 Å². The maximum absolute atomic E-state index is 3.44. The van der Waals surface area contributed by atoms with E-state index in [1.54, 1.807) is 0 Å². The second-order valence-electron chi connectivity index (χ2n) is 3.74. The lowest BCUT2D eigenvalue weighted by molar-refractivity contribution is 1.26. The summed E-state index contributed by atoms with van der Waals surface area (Å²) in [6.07, 6.45) is 1.12. The van der Waals surface area contributed by atoms with E-state index < -0.39 is 0 Å². The highest BCUT2D eigenvalue weighted by Crippen LogP contribution is 2.41. The highest BCUT2D eigenvalue weighted by Gasteiger charge is 2.22. The summed E-state index contributed by atoms with van der Waals surface area (Å²) in [6.45, 7) is 4.30. The quantitative estimate of drug-likeness (QED) is 0.558. The summed E-state index contributed by atoms with van der Waals surface area (Å²) in [5.74, 6) is 0. The molecular formula is C11H11NS. The molecule has 2 aromatic rings. The number of aromatic amines is 1. The molecule has 0 amide bonds. The zero-order valence-electron chi connectivity index (χ0n) is 7.77. The molecule has 13 heavy (non-hydrogen) atoms. The predicted octanol–water partition coefficient (Wildman–Crippen LogP) is 3.26. The minimum Gasteiger partial charge on any atom is -0.358 e. The molecule has 2 heterocycles. The number of hydrogen-bond acceptors (Lipinski definition) is 1. The summed E-state index contributed by atoms with van der Waals surface area (Å²) in [7, 11) is 0. The van der Waals surface area contributed by atoms with Crippen molar-refractivity contribution in [3.8, 4) is 10.6 Å². The summed E-state index contributed by atoms with van der Waals surface area (Å²) < 4.78 is 0. The summed E-state index contributed by atoms with van der Waals surface area (Å²) in [6, 6.07) is 4.57. The van der Waals surface area contributed by atoms with E-state index in [9.17, 15) is 0 Å². The molecule has 3 rings (SSSR count). The van der Waals surface area contributed by atoms with Crippen LogP contribution in [-0.2, 0) is 6.42 Å². The first-order valence-electron chi connectivity index (χ1n) is 4.52. The van der Waals surface area contributed by atoms with Gasteiger partial charge >= 0.3 is 0 Å². The van der Waals surface area contributed by atoms with Gasteiger partial charge < -0.3 is 4.98 Å². The number of fused-ring (bicyclic) bond motifs is 3. The lowest BCUT2D eigenvalue weighted by Crippen LogP contribution is -1.75. The van der Waals surface area contributed by atoms with Crippen LogP contribution >= 0.6 is 11.3 Å². The van der Waals surface area contributed by atoms with Crippen LogP contribution in [0.3, 0.4) is 0 Å². The molecule has 2 aromatic heterocycles. The Hall–Kier alpha value is -1.02. The molecule has 2 heteroatoms. The van der Waals surface area contributed by atoms with E-state index in [0.717, 1.165) is 6.42 Å². The molecular weight excluding hydrogens is 178 g/mol.